The van der Waals surface area contributed by atoms with Gasteiger partial charge in [0.1, 0.15) is 17.7 Å². The first-order valence-corrected chi connectivity index (χ1v) is 7.93. The van der Waals surface area contributed by atoms with Gasteiger partial charge < -0.3 is 15.0 Å². The van der Waals surface area contributed by atoms with Crippen LogP contribution in [0.5, 0.6) is 0 Å². The molecular formula is C16H26N4O2. The molecule has 0 aromatic carbocycles. The molecule has 0 saturated carbocycles. The minimum absolute atomic E-state index is 0.0967. The van der Waals surface area contributed by atoms with Gasteiger partial charge in [-0.05, 0) is 33.6 Å². The number of rotatable bonds is 4. The second kappa shape index (κ2) is 6.94. The summed E-state index contributed by atoms with van der Waals surface area (Å²) in [5, 5.41) is 2.93. The molecule has 0 radical (unpaired) electrons. The summed E-state index contributed by atoms with van der Waals surface area (Å²) in [7, 11) is 0. The number of nitrogens with zero attached hydrogens (tertiary/aromatic N) is 3. The topological polar surface area (TPSA) is 67.4 Å². The number of aromatic nitrogens is 2. The van der Waals surface area contributed by atoms with E-state index in [-0.39, 0.29) is 12.1 Å². The van der Waals surface area contributed by atoms with E-state index in [0.717, 1.165) is 43.9 Å². The van der Waals surface area contributed by atoms with Gasteiger partial charge in [0.15, 0.2) is 0 Å². The highest BCUT2D eigenvalue weighted by atomic mass is 16.6. The van der Waals surface area contributed by atoms with E-state index in [2.05, 4.69) is 27.1 Å². The Kier molecular flexibility index (Phi) is 5.21. The number of hydrogen-bond acceptors (Lipinski definition) is 5. The Morgan fingerprint density at radius 1 is 1.45 bits per heavy atom. The number of ether oxygens (including phenoxy) is 1. The standard InChI is InChI=1S/C16H26N4O2/c1-5-6-12-9-14(18-11-17-12)20-8-7-13(10-20)19-15(21)22-16(2,3)4/h9,11,13H,5-8,10H2,1-4H3,(H,19,21). The van der Waals surface area contributed by atoms with Crippen LogP contribution in [0.2, 0.25) is 0 Å². The van der Waals surface area contributed by atoms with Crippen LogP contribution >= 0.6 is 0 Å². The molecule has 1 fully saturated rings. The first-order chi connectivity index (χ1) is 10.4. The molecule has 1 saturated heterocycles. The van der Waals surface area contributed by atoms with Crippen LogP contribution in [0.4, 0.5) is 10.6 Å². The Hall–Kier alpha value is -1.85. The van der Waals surface area contributed by atoms with E-state index in [0.29, 0.717) is 0 Å². The van der Waals surface area contributed by atoms with E-state index in [1.165, 1.54) is 0 Å². The van der Waals surface area contributed by atoms with E-state index in [1.54, 1.807) is 6.33 Å². The van der Waals surface area contributed by atoms with Gasteiger partial charge in [-0.15, -0.1) is 0 Å². The van der Waals surface area contributed by atoms with Crippen molar-refractivity contribution in [2.45, 2.75) is 58.6 Å². The maximum absolute atomic E-state index is 11.8. The number of hydrogen-bond donors (Lipinski definition) is 1. The molecule has 2 heterocycles. The van der Waals surface area contributed by atoms with Crippen LogP contribution in [0, 0.1) is 0 Å². The van der Waals surface area contributed by atoms with Gasteiger partial charge in [0.25, 0.3) is 0 Å². The summed E-state index contributed by atoms with van der Waals surface area (Å²) < 4.78 is 5.30. The van der Waals surface area contributed by atoms with Gasteiger partial charge in [-0.3, -0.25) is 0 Å². The van der Waals surface area contributed by atoms with Gasteiger partial charge in [0, 0.05) is 24.8 Å². The Bertz CT molecular complexity index is 513. The number of aryl methyl sites for hydroxylation is 1. The highest BCUT2D eigenvalue weighted by Crippen LogP contribution is 2.19. The number of amides is 1. The van der Waals surface area contributed by atoms with Crippen LogP contribution in [-0.2, 0) is 11.2 Å². The molecule has 6 nitrogen and oxygen atoms in total. The smallest absolute Gasteiger partial charge is 0.407 e. The number of carbonyl (C=O) groups excluding carboxylic acids is 1. The highest BCUT2D eigenvalue weighted by molar-refractivity contribution is 5.68. The quantitative estimate of drug-likeness (QED) is 0.926. The number of alkyl carbamates (subject to hydrolysis) is 1. The zero-order valence-corrected chi connectivity index (χ0v) is 13.9. The zero-order valence-electron chi connectivity index (χ0n) is 13.9. The molecule has 1 N–H and O–H groups in total. The Morgan fingerprint density at radius 3 is 2.91 bits per heavy atom. The molecule has 1 aromatic heterocycles. The van der Waals surface area contributed by atoms with Crippen molar-refractivity contribution in [3.8, 4) is 0 Å². The molecule has 1 aromatic rings. The molecule has 2 rings (SSSR count). The number of nitrogens with one attached hydrogen (secondary N) is 1. The van der Waals surface area contributed by atoms with Crippen LogP contribution in [0.25, 0.3) is 0 Å². The number of carbonyl (C=O) groups is 1. The lowest BCUT2D eigenvalue weighted by atomic mass is 10.2. The summed E-state index contributed by atoms with van der Waals surface area (Å²) >= 11 is 0. The van der Waals surface area contributed by atoms with E-state index in [9.17, 15) is 4.79 Å². The van der Waals surface area contributed by atoms with E-state index >= 15 is 0 Å². The minimum Gasteiger partial charge on any atom is -0.444 e. The van der Waals surface area contributed by atoms with Gasteiger partial charge in [0.2, 0.25) is 0 Å². The maximum atomic E-state index is 11.8. The van der Waals surface area contributed by atoms with Crippen molar-refractivity contribution in [1.82, 2.24) is 15.3 Å². The van der Waals surface area contributed by atoms with E-state index < -0.39 is 5.60 Å². The summed E-state index contributed by atoms with van der Waals surface area (Å²) in [4.78, 5) is 22.6. The first-order valence-electron chi connectivity index (χ1n) is 7.93. The fourth-order valence-corrected chi connectivity index (χ4v) is 2.51. The summed E-state index contributed by atoms with van der Waals surface area (Å²) in [5.74, 6) is 0.937. The fourth-order valence-electron chi connectivity index (χ4n) is 2.51. The second-order valence-corrected chi connectivity index (χ2v) is 6.70. The molecule has 1 aliphatic rings. The van der Waals surface area contributed by atoms with Crippen LogP contribution in [0.15, 0.2) is 12.4 Å². The SMILES string of the molecule is CCCc1cc(N2CCC(NC(=O)OC(C)(C)C)C2)ncn1. The van der Waals surface area contributed by atoms with Crippen LogP contribution in [0.1, 0.15) is 46.2 Å². The zero-order chi connectivity index (χ0) is 16.2. The highest BCUT2D eigenvalue weighted by Gasteiger charge is 2.27. The van der Waals surface area contributed by atoms with Gasteiger partial charge >= 0.3 is 6.09 Å². The molecule has 1 unspecified atom stereocenters. The molecule has 0 spiro atoms. The van der Waals surface area contributed by atoms with Gasteiger partial charge in [-0.2, -0.15) is 0 Å². The van der Waals surface area contributed by atoms with Crippen molar-refractivity contribution < 1.29 is 9.53 Å². The van der Waals surface area contributed by atoms with E-state index in [4.69, 9.17) is 4.74 Å². The van der Waals surface area contributed by atoms with Crippen molar-refractivity contribution in [2.24, 2.45) is 0 Å². The van der Waals surface area contributed by atoms with Gasteiger partial charge in [-0.1, -0.05) is 13.3 Å². The molecule has 1 amide bonds. The Balaban J connectivity index is 1.90. The summed E-state index contributed by atoms with van der Waals surface area (Å²) in [6, 6.07) is 2.14. The molecule has 1 atom stereocenters. The molecular weight excluding hydrogens is 280 g/mol. The molecule has 22 heavy (non-hydrogen) atoms. The molecule has 1 aliphatic heterocycles. The third-order valence-corrected chi connectivity index (χ3v) is 3.45. The lowest BCUT2D eigenvalue weighted by Crippen LogP contribution is -2.40. The van der Waals surface area contributed by atoms with Crippen LogP contribution < -0.4 is 10.2 Å². The van der Waals surface area contributed by atoms with Crippen LogP contribution in [-0.4, -0.2) is 40.8 Å². The molecule has 122 valence electrons. The van der Waals surface area contributed by atoms with Crippen molar-refractivity contribution >= 4 is 11.9 Å². The average molecular weight is 306 g/mol. The predicted molar refractivity (Wildman–Crippen MR) is 86.0 cm³/mol. The summed E-state index contributed by atoms with van der Waals surface area (Å²) in [5.41, 5.74) is 0.598. The van der Waals surface area contributed by atoms with Crippen molar-refractivity contribution in [3.63, 3.8) is 0 Å². The molecule has 0 bridgehead atoms. The largest absolute Gasteiger partial charge is 0.444 e. The average Bonchev–Trinajstić information content (AvgIpc) is 2.85. The Morgan fingerprint density at radius 2 is 2.23 bits per heavy atom. The second-order valence-electron chi connectivity index (χ2n) is 6.70. The van der Waals surface area contributed by atoms with Crippen molar-refractivity contribution in [1.29, 1.82) is 0 Å². The van der Waals surface area contributed by atoms with Gasteiger partial charge in [0.05, 0.1) is 6.04 Å². The first kappa shape index (κ1) is 16.5. The normalized spacial score (nSPS) is 18.4. The lowest BCUT2D eigenvalue weighted by molar-refractivity contribution is 0.0509. The van der Waals surface area contributed by atoms with Crippen molar-refractivity contribution in [3.05, 3.63) is 18.1 Å². The third-order valence-electron chi connectivity index (χ3n) is 3.45. The fraction of sp³-hybridized carbons (Fsp3) is 0.688. The number of anilines is 1. The minimum atomic E-state index is -0.468. The summed E-state index contributed by atoms with van der Waals surface area (Å²) in [6.45, 7) is 9.36. The third kappa shape index (κ3) is 4.86. The van der Waals surface area contributed by atoms with Gasteiger partial charge in [-0.25, -0.2) is 14.8 Å². The van der Waals surface area contributed by atoms with Crippen LogP contribution in [0.3, 0.4) is 0 Å². The maximum Gasteiger partial charge on any atom is 0.407 e. The monoisotopic (exact) mass is 306 g/mol. The summed E-state index contributed by atoms with van der Waals surface area (Å²) in [6.07, 6.45) is 4.19. The van der Waals surface area contributed by atoms with Crippen molar-refractivity contribution in [2.75, 3.05) is 18.0 Å². The Labute approximate surface area is 132 Å². The molecule has 0 aliphatic carbocycles. The lowest BCUT2D eigenvalue weighted by Gasteiger charge is -2.22. The molecule has 6 heteroatoms. The predicted octanol–water partition coefficient (Wildman–Crippen LogP) is 2.53. The van der Waals surface area contributed by atoms with E-state index in [1.807, 2.05) is 26.8 Å².